The molecule has 0 saturated heterocycles. The molecule has 14 heavy (non-hydrogen) atoms. The van der Waals surface area contributed by atoms with Gasteiger partial charge >= 0.3 is 0 Å². The summed E-state index contributed by atoms with van der Waals surface area (Å²) in [5.74, 6) is 0. The van der Waals surface area contributed by atoms with Crippen LogP contribution in [0.25, 0.3) is 0 Å². The molecule has 0 bridgehead atoms. The second-order valence-corrected chi connectivity index (χ2v) is 2.79. The van der Waals surface area contributed by atoms with Crippen molar-refractivity contribution in [2.24, 2.45) is 0 Å². The zero-order valence-electron chi connectivity index (χ0n) is 8.14. The fourth-order valence-corrected chi connectivity index (χ4v) is 1.31. The van der Waals surface area contributed by atoms with Crippen LogP contribution in [0, 0.1) is 11.3 Å². The van der Waals surface area contributed by atoms with E-state index in [-0.39, 0.29) is 6.61 Å². The van der Waals surface area contributed by atoms with Crippen LogP contribution in [0.1, 0.15) is 12.6 Å². The molecule has 1 heterocycles. The molecule has 1 aromatic rings. The maximum atomic E-state index is 8.85. The Bertz CT molecular complexity index is 332. The molecule has 0 saturated carbocycles. The Hall–Kier alpha value is -1.60. The number of hydrogen-bond acceptors (Lipinski definition) is 4. The lowest BCUT2D eigenvalue weighted by molar-refractivity contribution is 0.302. The summed E-state index contributed by atoms with van der Waals surface area (Å²) in [6.07, 6.45) is 1.59. The lowest BCUT2D eigenvalue weighted by atomic mass is 10.2. The van der Waals surface area contributed by atoms with Crippen LogP contribution in [0.2, 0.25) is 0 Å². The third-order valence-electron chi connectivity index (χ3n) is 1.98. The van der Waals surface area contributed by atoms with Crippen molar-refractivity contribution in [1.29, 1.82) is 5.26 Å². The molecule has 4 nitrogen and oxygen atoms in total. The third-order valence-corrected chi connectivity index (χ3v) is 1.98. The molecule has 0 radical (unpaired) electrons. The normalized spacial score (nSPS) is 9.50. The van der Waals surface area contributed by atoms with Gasteiger partial charge in [-0.15, -0.1) is 0 Å². The fourth-order valence-electron chi connectivity index (χ4n) is 1.31. The first-order valence-corrected chi connectivity index (χ1v) is 4.54. The average Bonchev–Trinajstić information content (AvgIpc) is 2.26. The van der Waals surface area contributed by atoms with Crippen LogP contribution in [-0.4, -0.2) is 29.8 Å². The van der Waals surface area contributed by atoms with E-state index in [1.165, 1.54) is 0 Å². The van der Waals surface area contributed by atoms with Crippen molar-refractivity contribution in [2.45, 2.75) is 6.92 Å². The van der Waals surface area contributed by atoms with E-state index in [1.54, 1.807) is 12.3 Å². The lowest BCUT2D eigenvalue weighted by Crippen LogP contribution is -2.27. The minimum absolute atomic E-state index is 0.0770. The average molecular weight is 191 g/mol. The second-order valence-electron chi connectivity index (χ2n) is 2.79. The van der Waals surface area contributed by atoms with Crippen LogP contribution in [0.3, 0.4) is 0 Å². The summed E-state index contributed by atoms with van der Waals surface area (Å²) in [6.45, 7) is 3.33. The van der Waals surface area contributed by atoms with Crippen LogP contribution in [0.5, 0.6) is 0 Å². The minimum atomic E-state index is 0.0770. The molecule has 74 valence electrons. The number of hydrogen-bond donors (Lipinski definition) is 1. The van der Waals surface area contributed by atoms with E-state index in [0.29, 0.717) is 12.2 Å². The van der Waals surface area contributed by atoms with Crippen molar-refractivity contribution in [3.8, 4) is 6.07 Å². The van der Waals surface area contributed by atoms with Crippen molar-refractivity contribution in [1.82, 2.24) is 4.98 Å². The maximum absolute atomic E-state index is 8.85. The van der Waals surface area contributed by atoms with E-state index in [9.17, 15) is 0 Å². The molecule has 0 fully saturated rings. The molecule has 0 atom stereocenters. The highest BCUT2D eigenvalue weighted by atomic mass is 16.3. The Kier molecular flexibility index (Phi) is 3.89. The van der Waals surface area contributed by atoms with Gasteiger partial charge in [0.05, 0.1) is 12.3 Å². The monoisotopic (exact) mass is 191 g/mol. The second kappa shape index (κ2) is 5.20. The zero-order chi connectivity index (χ0) is 10.4. The lowest BCUT2D eigenvalue weighted by Gasteiger charge is -2.22. The van der Waals surface area contributed by atoms with Crippen molar-refractivity contribution in [2.75, 3.05) is 24.6 Å². The highest BCUT2D eigenvalue weighted by Gasteiger charge is 2.08. The van der Waals surface area contributed by atoms with E-state index in [0.717, 1.165) is 12.2 Å². The highest BCUT2D eigenvalue weighted by molar-refractivity contribution is 5.55. The zero-order valence-corrected chi connectivity index (χ0v) is 8.14. The Morgan fingerprint density at radius 2 is 2.43 bits per heavy atom. The summed E-state index contributed by atoms with van der Waals surface area (Å²) in [5, 5.41) is 17.7. The largest absolute Gasteiger partial charge is 0.395 e. The molecular weight excluding hydrogens is 178 g/mol. The molecule has 1 aromatic heterocycles. The molecule has 0 aromatic carbocycles. The van der Waals surface area contributed by atoms with Crippen LogP contribution in [-0.2, 0) is 0 Å². The molecule has 0 aliphatic rings. The quantitative estimate of drug-likeness (QED) is 0.763. The Labute approximate surface area is 83.4 Å². The van der Waals surface area contributed by atoms with Gasteiger partial charge in [-0.2, -0.15) is 5.26 Å². The van der Waals surface area contributed by atoms with Gasteiger partial charge in [-0.3, -0.25) is 0 Å². The summed E-state index contributed by atoms with van der Waals surface area (Å²) in [4.78, 5) is 5.89. The van der Waals surface area contributed by atoms with Gasteiger partial charge in [0.1, 0.15) is 6.07 Å². The molecule has 1 N–H and O–H groups in total. The van der Waals surface area contributed by atoms with Gasteiger partial charge in [0.25, 0.3) is 0 Å². The third kappa shape index (κ3) is 2.21. The van der Waals surface area contributed by atoms with Gasteiger partial charge < -0.3 is 10.0 Å². The predicted molar refractivity (Wildman–Crippen MR) is 53.9 cm³/mol. The van der Waals surface area contributed by atoms with Gasteiger partial charge in [0, 0.05) is 19.3 Å². The van der Waals surface area contributed by atoms with E-state index >= 15 is 0 Å². The predicted octanol–water partition coefficient (Wildman–Crippen LogP) is 0.772. The van der Waals surface area contributed by atoms with E-state index in [1.807, 2.05) is 24.0 Å². The van der Waals surface area contributed by atoms with Crippen molar-refractivity contribution >= 4 is 5.69 Å². The SMILES string of the molecule is CCN(CCO)c1cccnc1C#N. The number of rotatable bonds is 4. The number of nitriles is 1. The highest BCUT2D eigenvalue weighted by Crippen LogP contribution is 2.16. The summed E-state index contributed by atoms with van der Waals surface area (Å²) in [5.41, 5.74) is 1.19. The summed E-state index contributed by atoms with van der Waals surface area (Å²) in [6, 6.07) is 5.66. The van der Waals surface area contributed by atoms with Crippen molar-refractivity contribution in [3.63, 3.8) is 0 Å². The number of likely N-dealkylation sites (N-methyl/N-ethyl adjacent to an activating group) is 1. The van der Waals surface area contributed by atoms with Crippen LogP contribution >= 0.6 is 0 Å². The fraction of sp³-hybridized carbons (Fsp3) is 0.400. The Morgan fingerprint density at radius 1 is 1.64 bits per heavy atom. The van der Waals surface area contributed by atoms with Gasteiger partial charge in [-0.05, 0) is 19.1 Å². The molecule has 0 amide bonds. The molecule has 0 unspecified atom stereocenters. The summed E-state index contributed by atoms with van der Waals surface area (Å²) >= 11 is 0. The molecule has 0 aliphatic heterocycles. The number of aliphatic hydroxyl groups is 1. The van der Waals surface area contributed by atoms with Gasteiger partial charge in [-0.25, -0.2) is 4.98 Å². The van der Waals surface area contributed by atoms with Crippen LogP contribution < -0.4 is 4.90 Å². The smallest absolute Gasteiger partial charge is 0.163 e. The molecule has 4 heteroatoms. The topological polar surface area (TPSA) is 60.1 Å². The van der Waals surface area contributed by atoms with Gasteiger partial charge in [-0.1, -0.05) is 0 Å². The molecular formula is C10H13N3O. The van der Waals surface area contributed by atoms with E-state index in [4.69, 9.17) is 10.4 Å². The van der Waals surface area contributed by atoms with E-state index in [2.05, 4.69) is 4.98 Å². The first-order valence-electron chi connectivity index (χ1n) is 4.54. The number of aromatic nitrogens is 1. The number of nitrogens with zero attached hydrogens (tertiary/aromatic N) is 3. The van der Waals surface area contributed by atoms with Crippen LogP contribution in [0.4, 0.5) is 5.69 Å². The number of pyridine rings is 1. The molecule has 0 spiro atoms. The number of anilines is 1. The number of aliphatic hydroxyl groups excluding tert-OH is 1. The Morgan fingerprint density at radius 3 is 3.00 bits per heavy atom. The first kappa shape index (κ1) is 10.5. The minimum Gasteiger partial charge on any atom is -0.395 e. The van der Waals surface area contributed by atoms with Crippen molar-refractivity contribution < 1.29 is 5.11 Å². The first-order chi connectivity index (χ1) is 6.83. The standard InChI is InChI=1S/C10H13N3O/c1-2-13(6-7-14)10-4-3-5-12-9(10)8-11/h3-5,14H,2,6-7H2,1H3. The molecule has 0 aliphatic carbocycles. The van der Waals surface area contributed by atoms with Crippen LogP contribution in [0.15, 0.2) is 18.3 Å². The van der Waals surface area contributed by atoms with Crippen molar-refractivity contribution in [3.05, 3.63) is 24.0 Å². The summed E-state index contributed by atoms with van der Waals surface area (Å²) in [7, 11) is 0. The Balaban J connectivity index is 2.97. The van der Waals surface area contributed by atoms with E-state index < -0.39 is 0 Å². The van der Waals surface area contributed by atoms with Gasteiger partial charge in [0.15, 0.2) is 5.69 Å². The van der Waals surface area contributed by atoms with Gasteiger partial charge in [0.2, 0.25) is 0 Å². The maximum Gasteiger partial charge on any atom is 0.163 e. The molecule has 1 rings (SSSR count). The summed E-state index contributed by atoms with van der Waals surface area (Å²) < 4.78 is 0.